The van der Waals surface area contributed by atoms with Gasteiger partial charge in [0, 0.05) is 5.56 Å². The van der Waals surface area contributed by atoms with Crippen molar-refractivity contribution < 1.29 is 14.3 Å². The Bertz CT molecular complexity index is 427. The predicted molar refractivity (Wildman–Crippen MR) is 64.9 cm³/mol. The van der Waals surface area contributed by atoms with E-state index >= 15 is 0 Å². The molecule has 0 unspecified atom stereocenters. The molecule has 0 heterocycles. The van der Waals surface area contributed by atoms with Gasteiger partial charge in [0.05, 0.1) is 6.61 Å². The Kier molecular flexibility index (Phi) is 4.69. The number of carbonyl (C=O) groups excluding carboxylic acids is 2. The van der Waals surface area contributed by atoms with Crippen LogP contribution in [0.4, 0.5) is 0 Å². The Morgan fingerprint density at radius 2 is 2.00 bits per heavy atom. The monoisotopic (exact) mass is 235 g/mol. The zero-order valence-corrected chi connectivity index (χ0v) is 10.4. The van der Waals surface area contributed by atoms with Crippen molar-refractivity contribution in [2.24, 2.45) is 0 Å². The zero-order valence-electron chi connectivity index (χ0n) is 10.4. The van der Waals surface area contributed by atoms with Crippen LogP contribution in [0.1, 0.15) is 28.4 Å². The Hall–Kier alpha value is -1.84. The van der Waals surface area contributed by atoms with Gasteiger partial charge in [-0.25, -0.2) is 0 Å². The lowest BCUT2D eigenvalue weighted by molar-refractivity contribution is -0.141. The van der Waals surface area contributed by atoms with Gasteiger partial charge in [0.2, 0.25) is 0 Å². The van der Waals surface area contributed by atoms with Crippen LogP contribution < -0.4 is 5.32 Å². The molecule has 0 atom stereocenters. The van der Waals surface area contributed by atoms with Crippen molar-refractivity contribution >= 4 is 11.9 Å². The first-order chi connectivity index (χ1) is 8.06. The van der Waals surface area contributed by atoms with E-state index in [-0.39, 0.29) is 12.5 Å². The first-order valence-corrected chi connectivity index (χ1v) is 5.56. The molecule has 0 saturated heterocycles. The van der Waals surface area contributed by atoms with E-state index in [1.54, 1.807) is 13.0 Å². The van der Waals surface area contributed by atoms with Gasteiger partial charge in [0.1, 0.15) is 6.54 Å². The fraction of sp³-hybridized carbons (Fsp3) is 0.385. The number of hydrogen-bond acceptors (Lipinski definition) is 3. The number of benzene rings is 1. The van der Waals surface area contributed by atoms with Gasteiger partial charge in [0.25, 0.3) is 5.91 Å². The molecule has 4 heteroatoms. The third-order valence-corrected chi connectivity index (χ3v) is 2.55. The van der Waals surface area contributed by atoms with Crippen molar-refractivity contribution in [2.75, 3.05) is 13.2 Å². The summed E-state index contributed by atoms with van der Waals surface area (Å²) in [6.07, 6.45) is 0. The van der Waals surface area contributed by atoms with Crippen LogP contribution in [-0.4, -0.2) is 25.0 Å². The van der Waals surface area contributed by atoms with E-state index in [0.29, 0.717) is 12.2 Å². The molecular formula is C13H17NO3. The molecule has 1 aromatic rings. The average Bonchev–Trinajstić information content (AvgIpc) is 2.30. The van der Waals surface area contributed by atoms with Crippen LogP contribution in [0.25, 0.3) is 0 Å². The highest BCUT2D eigenvalue weighted by Crippen LogP contribution is 2.12. The smallest absolute Gasteiger partial charge is 0.325 e. The van der Waals surface area contributed by atoms with E-state index in [9.17, 15) is 9.59 Å². The van der Waals surface area contributed by atoms with Gasteiger partial charge < -0.3 is 10.1 Å². The highest BCUT2D eigenvalue weighted by Gasteiger charge is 2.11. The van der Waals surface area contributed by atoms with E-state index < -0.39 is 5.97 Å². The summed E-state index contributed by atoms with van der Waals surface area (Å²) in [7, 11) is 0. The largest absolute Gasteiger partial charge is 0.465 e. The van der Waals surface area contributed by atoms with E-state index in [1.165, 1.54) is 0 Å². The number of hydrogen-bond donors (Lipinski definition) is 1. The second-order valence-electron chi connectivity index (χ2n) is 3.74. The Morgan fingerprint density at radius 1 is 1.29 bits per heavy atom. The minimum atomic E-state index is -0.425. The maximum absolute atomic E-state index is 11.8. The van der Waals surface area contributed by atoms with Crippen LogP contribution in [-0.2, 0) is 9.53 Å². The van der Waals surface area contributed by atoms with E-state index in [1.807, 2.05) is 26.0 Å². The minimum absolute atomic E-state index is 0.0972. The molecule has 92 valence electrons. The fourth-order valence-electron chi connectivity index (χ4n) is 1.46. The molecule has 0 saturated carbocycles. The second-order valence-corrected chi connectivity index (χ2v) is 3.74. The lowest BCUT2D eigenvalue weighted by atomic mass is 10.0. The molecule has 0 aromatic heterocycles. The molecule has 17 heavy (non-hydrogen) atoms. The first-order valence-electron chi connectivity index (χ1n) is 5.56. The van der Waals surface area contributed by atoms with Crippen molar-refractivity contribution in [2.45, 2.75) is 20.8 Å². The average molecular weight is 235 g/mol. The van der Waals surface area contributed by atoms with E-state index in [0.717, 1.165) is 11.1 Å². The number of carbonyl (C=O) groups is 2. The molecule has 1 N–H and O–H groups in total. The van der Waals surface area contributed by atoms with Gasteiger partial charge in [0.15, 0.2) is 0 Å². The van der Waals surface area contributed by atoms with Crippen molar-refractivity contribution in [1.29, 1.82) is 0 Å². The highest BCUT2D eigenvalue weighted by atomic mass is 16.5. The van der Waals surface area contributed by atoms with Gasteiger partial charge in [-0.15, -0.1) is 0 Å². The minimum Gasteiger partial charge on any atom is -0.465 e. The normalized spacial score (nSPS) is 9.82. The van der Waals surface area contributed by atoms with Crippen LogP contribution in [0.2, 0.25) is 0 Å². The van der Waals surface area contributed by atoms with Gasteiger partial charge in [-0.05, 0) is 38.0 Å². The molecule has 1 amide bonds. The number of amides is 1. The predicted octanol–water partition coefficient (Wildman–Crippen LogP) is 1.60. The van der Waals surface area contributed by atoms with Crippen LogP contribution in [0.15, 0.2) is 18.2 Å². The van der Waals surface area contributed by atoms with Crippen LogP contribution in [0.3, 0.4) is 0 Å². The van der Waals surface area contributed by atoms with E-state index in [4.69, 9.17) is 4.74 Å². The molecule has 1 aromatic carbocycles. The zero-order chi connectivity index (χ0) is 12.8. The lowest BCUT2D eigenvalue weighted by Crippen LogP contribution is -2.31. The Labute approximate surface area is 101 Å². The van der Waals surface area contributed by atoms with Gasteiger partial charge in [-0.2, -0.15) is 0 Å². The van der Waals surface area contributed by atoms with Gasteiger partial charge in [-0.1, -0.05) is 12.1 Å². The first kappa shape index (κ1) is 13.2. The summed E-state index contributed by atoms with van der Waals surface area (Å²) in [5.74, 6) is -0.676. The van der Waals surface area contributed by atoms with Crippen LogP contribution in [0, 0.1) is 13.8 Å². The van der Waals surface area contributed by atoms with Gasteiger partial charge >= 0.3 is 5.97 Å². The summed E-state index contributed by atoms with van der Waals surface area (Å²) in [6.45, 7) is 5.77. The number of ether oxygens (including phenoxy) is 1. The Balaban J connectivity index is 2.64. The van der Waals surface area contributed by atoms with Crippen molar-refractivity contribution in [3.63, 3.8) is 0 Å². The number of rotatable bonds is 4. The summed E-state index contributed by atoms with van der Waals surface area (Å²) in [5, 5.41) is 2.54. The molecule has 0 fully saturated rings. The summed E-state index contributed by atoms with van der Waals surface area (Å²) in [4.78, 5) is 22.9. The van der Waals surface area contributed by atoms with Crippen LogP contribution >= 0.6 is 0 Å². The molecule has 0 bridgehead atoms. The molecule has 0 aliphatic rings. The number of esters is 1. The summed E-state index contributed by atoms with van der Waals surface area (Å²) in [6, 6.07) is 5.50. The number of nitrogens with one attached hydrogen (secondary N) is 1. The topological polar surface area (TPSA) is 55.4 Å². The lowest BCUT2D eigenvalue weighted by Gasteiger charge is -2.08. The summed E-state index contributed by atoms with van der Waals surface area (Å²) < 4.78 is 4.73. The third kappa shape index (κ3) is 3.59. The maximum atomic E-state index is 11.8. The summed E-state index contributed by atoms with van der Waals surface area (Å²) >= 11 is 0. The molecule has 0 spiro atoms. The quantitative estimate of drug-likeness (QED) is 0.806. The van der Waals surface area contributed by atoms with Gasteiger partial charge in [-0.3, -0.25) is 9.59 Å². The standard InChI is InChI=1S/C13H17NO3/c1-4-17-12(15)8-14-13(16)11-7-5-6-9(2)10(11)3/h5-7H,4,8H2,1-3H3,(H,14,16). The van der Waals surface area contributed by atoms with Crippen molar-refractivity contribution in [3.8, 4) is 0 Å². The maximum Gasteiger partial charge on any atom is 0.325 e. The molecule has 0 aliphatic heterocycles. The molecule has 0 aliphatic carbocycles. The number of aryl methyl sites for hydroxylation is 1. The molecule has 4 nitrogen and oxygen atoms in total. The highest BCUT2D eigenvalue weighted by molar-refractivity contribution is 5.97. The van der Waals surface area contributed by atoms with E-state index in [2.05, 4.69) is 5.32 Å². The Morgan fingerprint density at radius 3 is 2.65 bits per heavy atom. The van der Waals surface area contributed by atoms with Crippen molar-refractivity contribution in [1.82, 2.24) is 5.32 Å². The van der Waals surface area contributed by atoms with Crippen molar-refractivity contribution in [3.05, 3.63) is 34.9 Å². The molecule has 0 radical (unpaired) electrons. The SMILES string of the molecule is CCOC(=O)CNC(=O)c1cccc(C)c1C. The second kappa shape index (κ2) is 6.03. The molecule has 1 rings (SSSR count). The van der Waals surface area contributed by atoms with Crippen LogP contribution in [0.5, 0.6) is 0 Å². The summed E-state index contributed by atoms with van der Waals surface area (Å²) in [5.41, 5.74) is 2.57. The molecular weight excluding hydrogens is 218 g/mol. The fourth-order valence-corrected chi connectivity index (χ4v) is 1.46. The third-order valence-electron chi connectivity index (χ3n) is 2.55.